The zero-order valence-electron chi connectivity index (χ0n) is 11.9. The van der Waals surface area contributed by atoms with Crippen LogP contribution in [0.25, 0.3) is 0 Å². The van der Waals surface area contributed by atoms with Crippen LogP contribution in [0.3, 0.4) is 0 Å². The zero-order chi connectivity index (χ0) is 12.5. The van der Waals surface area contributed by atoms with E-state index in [1.54, 1.807) is 0 Å². The molecule has 1 rings (SSSR count). The molecule has 3 heteroatoms. The van der Waals surface area contributed by atoms with E-state index in [4.69, 9.17) is 8.85 Å². The van der Waals surface area contributed by atoms with Crippen molar-refractivity contribution in [3.05, 3.63) is 0 Å². The van der Waals surface area contributed by atoms with Gasteiger partial charge in [-0.3, -0.25) is 0 Å². The molecule has 1 fully saturated rings. The fourth-order valence-corrected chi connectivity index (χ4v) is 5.80. The molecular formula is C14H30O2Si. The second kappa shape index (κ2) is 9.12. The number of hydrogen-bond acceptors (Lipinski definition) is 2. The second-order valence-corrected chi connectivity index (χ2v) is 7.39. The Morgan fingerprint density at radius 2 is 1.59 bits per heavy atom. The third-order valence-electron chi connectivity index (χ3n) is 3.89. The van der Waals surface area contributed by atoms with Crippen molar-refractivity contribution in [1.82, 2.24) is 0 Å². The normalized spacial score (nSPS) is 19.8. The van der Waals surface area contributed by atoms with Crippen molar-refractivity contribution in [2.45, 2.75) is 71.3 Å². The Labute approximate surface area is 109 Å². The molecular weight excluding hydrogens is 228 g/mol. The lowest BCUT2D eigenvalue weighted by molar-refractivity contribution is 0.181. The third-order valence-corrected chi connectivity index (χ3v) is 6.79. The lowest BCUT2D eigenvalue weighted by atomic mass is 9.85. The van der Waals surface area contributed by atoms with Gasteiger partial charge >= 0.3 is 9.28 Å². The molecule has 1 saturated carbocycles. The van der Waals surface area contributed by atoms with Gasteiger partial charge in [0.1, 0.15) is 0 Å². The SMILES string of the molecule is CCCC(C1CCCCC1)[SiH](OCC)OCC. The van der Waals surface area contributed by atoms with Gasteiger partial charge in [-0.1, -0.05) is 45.4 Å². The van der Waals surface area contributed by atoms with Crippen LogP contribution in [0.1, 0.15) is 65.7 Å². The Bertz CT molecular complexity index is 175. The first-order chi connectivity index (χ1) is 8.33. The maximum absolute atomic E-state index is 5.97. The Balaban J connectivity index is 2.58. The quantitative estimate of drug-likeness (QED) is 0.612. The van der Waals surface area contributed by atoms with Gasteiger partial charge in [-0.2, -0.15) is 0 Å². The molecule has 0 N–H and O–H groups in total. The highest BCUT2D eigenvalue weighted by Gasteiger charge is 2.33. The highest BCUT2D eigenvalue weighted by Crippen LogP contribution is 2.38. The minimum Gasteiger partial charge on any atom is -0.397 e. The monoisotopic (exact) mass is 258 g/mol. The number of rotatable bonds is 8. The highest BCUT2D eigenvalue weighted by molar-refractivity contribution is 6.46. The average Bonchev–Trinajstić information content (AvgIpc) is 2.37. The average molecular weight is 258 g/mol. The second-order valence-electron chi connectivity index (χ2n) is 5.13. The molecule has 0 saturated heterocycles. The van der Waals surface area contributed by atoms with Gasteiger partial charge < -0.3 is 8.85 Å². The van der Waals surface area contributed by atoms with Crippen molar-refractivity contribution >= 4 is 9.28 Å². The standard InChI is InChI=1S/C14H30O2Si/c1-4-10-14(13-11-8-7-9-12-13)17(15-5-2)16-6-3/h13-14,17H,4-12H2,1-3H3. The van der Waals surface area contributed by atoms with Gasteiger partial charge in [0.05, 0.1) is 0 Å². The summed E-state index contributed by atoms with van der Waals surface area (Å²) in [5.41, 5.74) is 0.750. The van der Waals surface area contributed by atoms with Crippen molar-refractivity contribution in [3.8, 4) is 0 Å². The summed E-state index contributed by atoms with van der Waals surface area (Å²) < 4.78 is 11.9. The zero-order valence-corrected chi connectivity index (χ0v) is 13.1. The molecule has 0 spiro atoms. The molecule has 0 heterocycles. The smallest absolute Gasteiger partial charge is 0.324 e. The molecule has 1 unspecified atom stereocenters. The van der Waals surface area contributed by atoms with Crippen molar-refractivity contribution < 1.29 is 8.85 Å². The Morgan fingerprint density at radius 1 is 1.00 bits per heavy atom. The van der Waals surface area contributed by atoms with Crippen LogP contribution in [0.5, 0.6) is 0 Å². The maximum atomic E-state index is 5.97. The fraction of sp³-hybridized carbons (Fsp3) is 1.00. The molecule has 102 valence electrons. The van der Waals surface area contributed by atoms with E-state index in [0.717, 1.165) is 24.7 Å². The first-order valence-corrected chi connectivity index (χ1v) is 9.17. The number of hydrogen-bond donors (Lipinski definition) is 0. The first kappa shape index (κ1) is 15.2. The summed E-state index contributed by atoms with van der Waals surface area (Å²) in [6, 6.07) is 0. The van der Waals surface area contributed by atoms with Crippen LogP contribution in [0.4, 0.5) is 0 Å². The van der Waals surface area contributed by atoms with E-state index in [-0.39, 0.29) is 0 Å². The third kappa shape index (κ3) is 5.10. The molecule has 0 aromatic carbocycles. The summed E-state index contributed by atoms with van der Waals surface area (Å²) in [7, 11) is -1.44. The molecule has 0 bridgehead atoms. The van der Waals surface area contributed by atoms with E-state index in [1.165, 1.54) is 44.9 Å². The molecule has 0 aliphatic heterocycles. The van der Waals surface area contributed by atoms with Crippen molar-refractivity contribution in [2.75, 3.05) is 13.2 Å². The van der Waals surface area contributed by atoms with Gasteiger partial charge in [-0.15, -0.1) is 0 Å². The molecule has 0 aromatic heterocycles. The molecule has 0 radical (unpaired) electrons. The van der Waals surface area contributed by atoms with E-state index in [2.05, 4.69) is 20.8 Å². The van der Waals surface area contributed by atoms with Crippen LogP contribution in [0.15, 0.2) is 0 Å². The van der Waals surface area contributed by atoms with E-state index in [9.17, 15) is 0 Å². The van der Waals surface area contributed by atoms with Gasteiger partial charge in [-0.25, -0.2) is 0 Å². The summed E-state index contributed by atoms with van der Waals surface area (Å²) in [6.45, 7) is 8.14. The Kier molecular flexibility index (Phi) is 8.15. The van der Waals surface area contributed by atoms with Crippen LogP contribution in [0.2, 0.25) is 5.54 Å². The minimum absolute atomic E-state index is 0.750. The maximum Gasteiger partial charge on any atom is 0.324 e. The summed E-state index contributed by atoms with van der Waals surface area (Å²) in [5.74, 6) is 0.887. The van der Waals surface area contributed by atoms with Gasteiger partial charge in [-0.05, 0) is 26.2 Å². The molecule has 1 aliphatic carbocycles. The van der Waals surface area contributed by atoms with E-state index >= 15 is 0 Å². The van der Waals surface area contributed by atoms with Crippen molar-refractivity contribution in [3.63, 3.8) is 0 Å². The van der Waals surface area contributed by atoms with Crippen LogP contribution >= 0.6 is 0 Å². The summed E-state index contributed by atoms with van der Waals surface area (Å²) >= 11 is 0. The summed E-state index contributed by atoms with van der Waals surface area (Å²) in [6.07, 6.45) is 9.67. The van der Waals surface area contributed by atoms with Gasteiger partial charge in [0.2, 0.25) is 0 Å². The van der Waals surface area contributed by atoms with Crippen molar-refractivity contribution in [2.24, 2.45) is 5.92 Å². The van der Waals surface area contributed by atoms with Crippen LogP contribution < -0.4 is 0 Å². The largest absolute Gasteiger partial charge is 0.397 e. The highest BCUT2D eigenvalue weighted by atomic mass is 28.3. The lowest BCUT2D eigenvalue weighted by Gasteiger charge is -2.34. The van der Waals surface area contributed by atoms with E-state index in [0.29, 0.717) is 0 Å². The van der Waals surface area contributed by atoms with Gasteiger partial charge in [0.15, 0.2) is 0 Å². The predicted octanol–water partition coefficient (Wildman–Crippen LogP) is 4.03. The lowest BCUT2D eigenvalue weighted by Crippen LogP contribution is -2.34. The van der Waals surface area contributed by atoms with E-state index in [1.807, 2.05) is 0 Å². The van der Waals surface area contributed by atoms with E-state index < -0.39 is 9.28 Å². The van der Waals surface area contributed by atoms with Crippen LogP contribution in [-0.2, 0) is 8.85 Å². The van der Waals surface area contributed by atoms with Gasteiger partial charge in [0.25, 0.3) is 0 Å². The van der Waals surface area contributed by atoms with Crippen LogP contribution in [0, 0.1) is 5.92 Å². The molecule has 2 nitrogen and oxygen atoms in total. The minimum atomic E-state index is -1.44. The Hall–Kier alpha value is 0.137. The first-order valence-electron chi connectivity index (χ1n) is 7.56. The fourth-order valence-electron chi connectivity index (χ4n) is 3.11. The van der Waals surface area contributed by atoms with Gasteiger partial charge in [0, 0.05) is 18.8 Å². The Morgan fingerprint density at radius 3 is 2.06 bits per heavy atom. The molecule has 1 atom stereocenters. The predicted molar refractivity (Wildman–Crippen MR) is 75.6 cm³/mol. The summed E-state index contributed by atoms with van der Waals surface area (Å²) in [5, 5.41) is 0. The molecule has 0 aromatic rings. The van der Waals surface area contributed by atoms with Crippen LogP contribution in [-0.4, -0.2) is 22.5 Å². The molecule has 0 amide bonds. The van der Waals surface area contributed by atoms with Crippen molar-refractivity contribution in [1.29, 1.82) is 0 Å². The molecule has 1 aliphatic rings. The molecule has 17 heavy (non-hydrogen) atoms. The summed E-state index contributed by atoms with van der Waals surface area (Å²) in [4.78, 5) is 0. The topological polar surface area (TPSA) is 18.5 Å².